The molecule has 0 spiro atoms. The molecule has 0 fully saturated rings. The minimum Gasteiger partial charge on any atom is -0.337 e. The first-order valence-corrected chi connectivity index (χ1v) is 3.67. The summed E-state index contributed by atoms with van der Waals surface area (Å²) in [5, 5.41) is 0. The normalized spacial score (nSPS) is 9.93. The van der Waals surface area contributed by atoms with Gasteiger partial charge in [-0.2, -0.15) is 0 Å². The first-order valence-electron chi connectivity index (χ1n) is 3.67. The van der Waals surface area contributed by atoms with Gasteiger partial charge in [-0.15, -0.1) is 0 Å². The molecule has 0 saturated heterocycles. The van der Waals surface area contributed by atoms with Crippen LogP contribution in [-0.2, 0) is 36.0 Å². The van der Waals surface area contributed by atoms with Crippen molar-refractivity contribution in [1.29, 1.82) is 0 Å². The largest absolute Gasteiger partial charge is 0.337 e. The molecule has 81 valence electrons. The number of hydrogen-bond donors (Lipinski definition) is 0. The van der Waals surface area contributed by atoms with Gasteiger partial charge in [0.1, 0.15) is 0 Å². The van der Waals surface area contributed by atoms with E-state index in [2.05, 4.69) is 6.92 Å². The Hall–Kier alpha value is -0.944. The van der Waals surface area contributed by atoms with Crippen LogP contribution in [0.3, 0.4) is 0 Å². The Morgan fingerprint density at radius 3 is 1.07 bits per heavy atom. The summed E-state index contributed by atoms with van der Waals surface area (Å²) in [6, 6.07) is 0. The standard InChI is InChI=1S/C9H11O4.Co/c1-5(10)9(6(2)11,7(3)12)8(4)13;/h1H2,2-4H3;/q-1;. The summed E-state index contributed by atoms with van der Waals surface area (Å²) in [4.78, 5) is 44.3. The topological polar surface area (TPSA) is 68.3 Å². The molecule has 0 aromatic carbocycles. The van der Waals surface area contributed by atoms with Crippen molar-refractivity contribution < 1.29 is 36.0 Å². The van der Waals surface area contributed by atoms with Gasteiger partial charge in [-0.05, 0) is 20.8 Å². The van der Waals surface area contributed by atoms with Crippen LogP contribution in [0.1, 0.15) is 20.8 Å². The fourth-order valence-corrected chi connectivity index (χ4v) is 1.33. The van der Waals surface area contributed by atoms with Gasteiger partial charge in [0, 0.05) is 22.6 Å². The Balaban J connectivity index is 0. The van der Waals surface area contributed by atoms with Crippen LogP contribution in [0.5, 0.6) is 0 Å². The quantitative estimate of drug-likeness (QED) is 0.519. The van der Waals surface area contributed by atoms with Crippen molar-refractivity contribution in [2.45, 2.75) is 20.8 Å². The predicted octanol–water partition coefficient (Wildman–Crippen LogP) is 0.140. The third-order valence-corrected chi connectivity index (χ3v) is 2.00. The molecule has 5 heteroatoms. The smallest absolute Gasteiger partial charge is 0.174 e. The molecule has 0 aromatic rings. The van der Waals surface area contributed by atoms with Crippen molar-refractivity contribution in [2.75, 3.05) is 0 Å². The summed E-state index contributed by atoms with van der Waals surface area (Å²) in [5.41, 5.74) is -2.17. The molecule has 0 unspecified atom stereocenters. The Kier molecular flexibility index (Phi) is 5.62. The van der Waals surface area contributed by atoms with Gasteiger partial charge in [0.25, 0.3) is 0 Å². The van der Waals surface area contributed by atoms with Crippen LogP contribution in [-0.4, -0.2) is 23.1 Å². The summed E-state index contributed by atoms with van der Waals surface area (Å²) in [6.45, 7) is 6.07. The van der Waals surface area contributed by atoms with Gasteiger partial charge in [0.05, 0.1) is 0 Å². The first-order chi connectivity index (χ1) is 5.77. The van der Waals surface area contributed by atoms with E-state index in [0.717, 1.165) is 20.8 Å². The van der Waals surface area contributed by atoms with Crippen molar-refractivity contribution in [3.05, 3.63) is 6.92 Å². The molecular formula is C9H11CoO4-. The number of carbonyl (C=O) groups excluding carboxylic acids is 4. The van der Waals surface area contributed by atoms with E-state index < -0.39 is 28.5 Å². The van der Waals surface area contributed by atoms with E-state index in [1.165, 1.54) is 0 Å². The molecule has 0 bridgehead atoms. The molecule has 0 rings (SSSR count). The van der Waals surface area contributed by atoms with Gasteiger partial charge in [-0.3, -0.25) is 14.4 Å². The minimum absolute atomic E-state index is 0. The van der Waals surface area contributed by atoms with Crippen molar-refractivity contribution in [3.63, 3.8) is 0 Å². The maximum absolute atomic E-state index is 11.1. The maximum atomic E-state index is 11.1. The van der Waals surface area contributed by atoms with Crippen LogP contribution >= 0.6 is 0 Å². The molecule has 4 nitrogen and oxygen atoms in total. The van der Waals surface area contributed by atoms with Crippen molar-refractivity contribution in [2.24, 2.45) is 5.41 Å². The second-order valence-corrected chi connectivity index (χ2v) is 2.84. The van der Waals surface area contributed by atoms with Gasteiger partial charge in [0.15, 0.2) is 22.8 Å². The average molecular weight is 242 g/mol. The fourth-order valence-electron chi connectivity index (χ4n) is 1.33. The molecule has 0 heterocycles. The van der Waals surface area contributed by atoms with E-state index >= 15 is 0 Å². The third kappa shape index (κ3) is 2.10. The Bertz CT molecular complexity index is 232. The summed E-state index contributed by atoms with van der Waals surface area (Å²) >= 11 is 0. The van der Waals surface area contributed by atoms with Crippen molar-refractivity contribution in [3.8, 4) is 0 Å². The molecule has 0 aliphatic heterocycles. The second kappa shape index (κ2) is 5.07. The molecule has 0 N–H and O–H groups in total. The number of carbonyl (C=O) groups is 4. The van der Waals surface area contributed by atoms with Crippen LogP contribution in [0.4, 0.5) is 0 Å². The van der Waals surface area contributed by atoms with E-state index in [1.54, 1.807) is 0 Å². The molecule has 0 saturated carbocycles. The zero-order valence-corrected chi connectivity index (χ0v) is 9.21. The zero-order valence-electron chi connectivity index (χ0n) is 8.17. The van der Waals surface area contributed by atoms with Gasteiger partial charge >= 0.3 is 0 Å². The number of ketones is 4. The number of hydrogen-bond acceptors (Lipinski definition) is 4. The Morgan fingerprint density at radius 1 is 0.857 bits per heavy atom. The molecular weight excluding hydrogens is 231 g/mol. The van der Waals surface area contributed by atoms with Crippen molar-refractivity contribution >= 4 is 23.1 Å². The summed E-state index contributed by atoms with van der Waals surface area (Å²) in [6.07, 6.45) is 0. The molecule has 0 amide bonds. The summed E-state index contributed by atoms with van der Waals surface area (Å²) in [7, 11) is 0. The molecule has 0 aromatic heterocycles. The van der Waals surface area contributed by atoms with E-state index in [1.807, 2.05) is 0 Å². The zero-order chi connectivity index (χ0) is 10.8. The van der Waals surface area contributed by atoms with E-state index in [0.29, 0.717) is 0 Å². The third-order valence-electron chi connectivity index (χ3n) is 2.00. The van der Waals surface area contributed by atoms with Crippen LogP contribution in [0.25, 0.3) is 0 Å². The SMILES string of the molecule is [CH2-]C(=O)C(C(C)=O)(C(C)=O)C(C)=O.[Co]. The first kappa shape index (κ1) is 15.5. The molecule has 1 radical (unpaired) electrons. The van der Waals surface area contributed by atoms with Crippen LogP contribution in [0, 0.1) is 12.3 Å². The number of Topliss-reactive ketones (excluding diaryl/α,β-unsaturated/α-hetero) is 4. The van der Waals surface area contributed by atoms with Gasteiger partial charge < -0.3 is 11.7 Å². The molecule has 0 atom stereocenters. The Labute approximate surface area is 92.6 Å². The van der Waals surface area contributed by atoms with Crippen molar-refractivity contribution in [1.82, 2.24) is 0 Å². The van der Waals surface area contributed by atoms with E-state index in [-0.39, 0.29) is 16.8 Å². The van der Waals surface area contributed by atoms with E-state index in [4.69, 9.17) is 0 Å². The van der Waals surface area contributed by atoms with Gasteiger partial charge in [-0.1, -0.05) is 0 Å². The predicted molar refractivity (Wildman–Crippen MR) is 44.8 cm³/mol. The second-order valence-electron chi connectivity index (χ2n) is 2.84. The van der Waals surface area contributed by atoms with Gasteiger partial charge in [0.2, 0.25) is 0 Å². The minimum atomic E-state index is -2.17. The average Bonchev–Trinajstić information content (AvgIpc) is 1.82. The maximum Gasteiger partial charge on any atom is 0.174 e. The number of rotatable bonds is 4. The van der Waals surface area contributed by atoms with E-state index in [9.17, 15) is 19.2 Å². The summed E-state index contributed by atoms with van der Waals surface area (Å²) < 4.78 is 0. The summed E-state index contributed by atoms with van der Waals surface area (Å²) in [5.74, 6) is -3.27. The monoisotopic (exact) mass is 242 g/mol. The fraction of sp³-hybridized carbons (Fsp3) is 0.444. The molecule has 0 aliphatic carbocycles. The van der Waals surface area contributed by atoms with Crippen LogP contribution < -0.4 is 0 Å². The molecule has 0 aliphatic rings. The van der Waals surface area contributed by atoms with Crippen LogP contribution in [0.2, 0.25) is 0 Å². The molecule has 14 heavy (non-hydrogen) atoms. The van der Waals surface area contributed by atoms with Crippen LogP contribution in [0.15, 0.2) is 0 Å². The Morgan fingerprint density at radius 2 is 1.07 bits per heavy atom. The van der Waals surface area contributed by atoms with Gasteiger partial charge in [-0.25, -0.2) is 0 Å².